The van der Waals surface area contributed by atoms with Crippen molar-refractivity contribution in [2.75, 3.05) is 47.5 Å². The van der Waals surface area contributed by atoms with Gasteiger partial charge in [-0.3, -0.25) is 14.2 Å². The van der Waals surface area contributed by atoms with Crippen molar-refractivity contribution >= 4 is 19.8 Å². The number of likely N-dealkylation sites (N-methyl/N-ethyl adjacent to an activating group) is 1. The zero-order chi connectivity index (χ0) is 54.2. The van der Waals surface area contributed by atoms with Crippen molar-refractivity contribution in [3.05, 3.63) is 97.2 Å². The third-order valence-electron chi connectivity index (χ3n) is 12.6. The van der Waals surface area contributed by atoms with E-state index in [0.717, 1.165) is 83.5 Å². The summed E-state index contributed by atoms with van der Waals surface area (Å²) in [5.74, 6) is -0.872. The Labute approximate surface area is 455 Å². The van der Waals surface area contributed by atoms with E-state index in [2.05, 4.69) is 111 Å². The summed E-state index contributed by atoms with van der Waals surface area (Å²) in [6.45, 7) is 4.08. The minimum absolute atomic E-state index is 0.0417. The first-order valence-electron chi connectivity index (χ1n) is 29.9. The van der Waals surface area contributed by atoms with Gasteiger partial charge in [0.05, 0.1) is 27.7 Å². The highest BCUT2D eigenvalue weighted by molar-refractivity contribution is 7.45. The van der Waals surface area contributed by atoms with Gasteiger partial charge < -0.3 is 27.9 Å². The van der Waals surface area contributed by atoms with Gasteiger partial charge in [0.15, 0.2) is 6.10 Å². The summed E-state index contributed by atoms with van der Waals surface area (Å²) in [5.41, 5.74) is 0. The van der Waals surface area contributed by atoms with Gasteiger partial charge in [0.25, 0.3) is 7.82 Å². The SMILES string of the molecule is CC/C=C\C/C=C\C/C=C\C/C=C\C/C=C\CCCCCC(=O)OC(COC(=O)CCCCCCCCCCCCCCCCCC/C=C\C/C=C\C/C=C\CCCCCCC)COP(=O)([O-])OCC[N+](C)(C)C. The van der Waals surface area contributed by atoms with Gasteiger partial charge in [-0.25, -0.2) is 0 Å². The molecule has 0 rings (SSSR count). The van der Waals surface area contributed by atoms with Crippen molar-refractivity contribution in [2.24, 2.45) is 0 Å². The molecule has 0 bridgehead atoms. The van der Waals surface area contributed by atoms with Crippen LogP contribution in [0.2, 0.25) is 0 Å². The first-order chi connectivity index (χ1) is 36.0. The van der Waals surface area contributed by atoms with E-state index in [1.54, 1.807) is 0 Å². The molecule has 0 amide bonds. The zero-order valence-corrected chi connectivity index (χ0v) is 49.2. The fraction of sp³-hybridized carbons (Fsp3) is 0.719. The fourth-order valence-corrected chi connectivity index (χ4v) is 8.71. The van der Waals surface area contributed by atoms with Crippen LogP contribution >= 0.6 is 7.82 Å². The molecule has 0 radical (unpaired) electrons. The molecule has 0 heterocycles. The molecule has 0 saturated heterocycles. The largest absolute Gasteiger partial charge is 0.756 e. The van der Waals surface area contributed by atoms with Crippen molar-refractivity contribution in [3.8, 4) is 0 Å². The minimum atomic E-state index is -4.65. The van der Waals surface area contributed by atoms with E-state index in [0.29, 0.717) is 17.4 Å². The molecule has 0 spiro atoms. The van der Waals surface area contributed by atoms with Crippen LogP contribution in [0.25, 0.3) is 0 Å². The van der Waals surface area contributed by atoms with Crippen molar-refractivity contribution in [3.63, 3.8) is 0 Å². The van der Waals surface area contributed by atoms with Gasteiger partial charge in [-0.05, 0) is 96.3 Å². The van der Waals surface area contributed by atoms with E-state index in [9.17, 15) is 19.0 Å². The second kappa shape index (κ2) is 54.7. The Morgan fingerprint density at radius 2 is 0.770 bits per heavy atom. The summed E-state index contributed by atoms with van der Waals surface area (Å²) in [4.78, 5) is 37.9. The van der Waals surface area contributed by atoms with Crippen molar-refractivity contribution in [1.29, 1.82) is 0 Å². The Kier molecular flexibility index (Phi) is 52.4. The number of unbranched alkanes of at least 4 members (excludes halogenated alkanes) is 24. The third kappa shape index (κ3) is 58.2. The molecule has 74 heavy (non-hydrogen) atoms. The second-order valence-electron chi connectivity index (χ2n) is 21.0. The summed E-state index contributed by atoms with van der Waals surface area (Å²) in [5, 5.41) is 0. The number of esters is 2. The highest BCUT2D eigenvalue weighted by atomic mass is 31.2. The number of carbonyl (C=O) groups is 2. The Morgan fingerprint density at radius 1 is 0.432 bits per heavy atom. The predicted molar refractivity (Wildman–Crippen MR) is 314 cm³/mol. The maximum atomic E-state index is 12.8. The van der Waals surface area contributed by atoms with Gasteiger partial charge in [0.2, 0.25) is 0 Å². The molecule has 0 aromatic carbocycles. The fourth-order valence-electron chi connectivity index (χ4n) is 7.98. The van der Waals surface area contributed by atoms with Gasteiger partial charge in [-0.1, -0.05) is 233 Å². The van der Waals surface area contributed by atoms with E-state index in [1.165, 1.54) is 128 Å². The molecule has 0 saturated carbocycles. The highest BCUT2D eigenvalue weighted by Crippen LogP contribution is 2.38. The third-order valence-corrected chi connectivity index (χ3v) is 13.6. The van der Waals surface area contributed by atoms with Crippen LogP contribution < -0.4 is 4.89 Å². The number of carbonyl (C=O) groups excluding carboxylic acids is 2. The molecule has 2 unspecified atom stereocenters. The van der Waals surface area contributed by atoms with Gasteiger partial charge in [0, 0.05) is 12.8 Å². The van der Waals surface area contributed by atoms with E-state index < -0.39 is 32.5 Å². The number of rotatable bonds is 54. The van der Waals surface area contributed by atoms with Crippen LogP contribution in [0.4, 0.5) is 0 Å². The molecule has 0 aliphatic carbocycles. The lowest BCUT2D eigenvalue weighted by Gasteiger charge is -2.28. The summed E-state index contributed by atoms with van der Waals surface area (Å²) in [7, 11) is 1.13. The average Bonchev–Trinajstić information content (AvgIpc) is 3.36. The minimum Gasteiger partial charge on any atom is -0.756 e. The molecule has 0 aliphatic heterocycles. The summed E-state index contributed by atoms with van der Waals surface area (Å²) < 4.78 is 34.1. The molecule has 0 aromatic heterocycles. The lowest BCUT2D eigenvalue weighted by molar-refractivity contribution is -0.870. The second-order valence-corrected chi connectivity index (χ2v) is 22.4. The van der Waals surface area contributed by atoms with Crippen LogP contribution in [-0.4, -0.2) is 70.0 Å². The summed E-state index contributed by atoms with van der Waals surface area (Å²) in [6.07, 6.45) is 74.7. The van der Waals surface area contributed by atoms with Gasteiger partial charge >= 0.3 is 11.9 Å². The first kappa shape index (κ1) is 70.9. The van der Waals surface area contributed by atoms with E-state index in [4.69, 9.17) is 18.5 Å². The van der Waals surface area contributed by atoms with Crippen LogP contribution in [0.5, 0.6) is 0 Å². The molecular formula is C64H112NO8P. The summed E-state index contributed by atoms with van der Waals surface area (Å²) >= 11 is 0. The topological polar surface area (TPSA) is 111 Å². The predicted octanol–water partition coefficient (Wildman–Crippen LogP) is 18.2. The number of hydrogen-bond donors (Lipinski definition) is 0. The van der Waals surface area contributed by atoms with Crippen LogP contribution in [0.3, 0.4) is 0 Å². The highest BCUT2D eigenvalue weighted by Gasteiger charge is 2.21. The van der Waals surface area contributed by atoms with Crippen LogP contribution in [-0.2, 0) is 32.7 Å². The van der Waals surface area contributed by atoms with Gasteiger partial charge in [-0.2, -0.15) is 0 Å². The maximum absolute atomic E-state index is 12.8. The molecule has 9 nitrogen and oxygen atoms in total. The standard InChI is InChI=1S/C64H112NO8P/c1-6-8-10-12-14-16-18-20-22-24-26-27-28-29-30-31-32-33-34-35-36-37-39-40-42-44-46-48-50-52-54-56-63(66)70-60-62(61-72-74(68,69)71-59-58-65(3,4)5)73-64(67)57-55-53-51-49-47-45-43-41-38-25-23-21-19-17-15-13-11-9-7-2/h9,11,15,17-18,20-21,23-24,26,28-29,38,41,45,47,62H,6-8,10,12-14,16,19,22,25,27,30-37,39-40,42-44,46,48-61H2,1-5H3/b11-9-,17-15-,20-18-,23-21-,26-24-,29-28-,41-38-,47-45-. The monoisotopic (exact) mass is 1050 g/mol. The molecular weight excluding hydrogens is 942 g/mol. The molecule has 0 fully saturated rings. The van der Waals surface area contributed by atoms with Gasteiger partial charge in [0.1, 0.15) is 19.8 Å². The maximum Gasteiger partial charge on any atom is 0.306 e. The number of phosphoric ester groups is 1. The number of phosphoric acid groups is 1. The Hall–Kier alpha value is -3.07. The van der Waals surface area contributed by atoms with Crippen molar-refractivity contribution in [1.82, 2.24) is 0 Å². The van der Waals surface area contributed by atoms with E-state index >= 15 is 0 Å². The lowest BCUT2D eigenvalue weighted by Crippen LogP contribution is -2.37. The normalized spacial score (nSPS) is 14.0. The van der Waals surface area contributed by atoms with Crippen LogP contribution in [0.1, 0.15) is 245 Å². The molecule has 0 aliphatic rings. The van der Waals surface area contributed by atoms with Crippen molar-refractivity contribution < 1.29 is 42.1 Å². The van der Waals surface area contributed by atoms with Crippen molar-refractivity contribution in [2.45, 2.75) is 251 Å². The lowest BCUT2D eigenvalue weighted by atomic mass is 10.0. The Balaban J connectivity index is 4.13. The number of quaternary nitrogens is 1. The zero-order valence-electron chi connectivity index (χ0n) is 48.3. The van der Waals surface area contributed by atoms with E-state index in [-0.39, 0.29) is 26.1 Å². The Bertz CT molecular complexity index is 1570. The number of ether oxygens (including phenoxy) is 2. The molecule has 0 aromatic rings. The average molecular weight is 1050 g/mol. The molecule has 10 heteroatoms. The summed E-state index contributed by atoms with van der Waals surface area (Å²) in [6, 6.07) is 0. The first-order valence-corrected chi connectivity index (χ1v) is 31.4. The molecule has 0 N–H and O–H groups in total. The smallest absolute Gasteiger partial charge is 0.306 e. The number of nitrogens with zero attached hydrogens (tertiary/aromatic N) is 1. The van der Waals surface area contributed by atoms with Crippen LogP contribution in [0, 0.1) is 0 Å². The molecule has 426 valence electrons. The molecule has 2 atom stereocenters. The van der Waals surface area contributed by atoms with E-state index in [1.807, 2.05) is 21.1 Å². The number of hydrogen-bond acceptors (Lipinski definition) is 8. The van der Waals surface area contributed by atoms with Crippen LogP contribution in [0.15, 0.2) is 97.2 Å². The van der Waals surface area contributed by atoms with Gasteiger partial charge in [-0.15, -0.1) is 0 Å². The Morgan fingerprint density at radius 3 is 1.16 bits per heavy atom. The number of allylic oxidation sites excluding steroid dienone is 16. The quantitative estimate of drug-likeness (QED) is 0.0195.